The molecule has 2 atom stereocenters. The van der Waals surface area contributed by atoms with Crippen LogP contribution in [0.5, 0.6) is 0 Å². The maximum absolute atomic E-state index is 16.7. The van der Waals surface area contributed by atoms with Crippen LogP contribution in [0.15, 0.2) is 212 Å². The standard InChI is InChI=1S/C50H35NO2P2/c52-54(39-21-3-1-4-22-39,49-31-15-19-36-17-7-9-25-43(36)49)41-33-38(51-47-29-13-11-27-45(47)46-28-12-14-30-48(46)51)34-42(35-41)55(53,40-23-5-2-6-24-40)50-32-16-20-37-18-8-10-26-44(37)50/h1-35H. The van der Waals surface area contributed by atoms with Gasteiger partial charge in [0, 0.05) is 48.3 Å². The van der Waals surface area contributed by atoms with Gasteiger partial charge in [0.05, 0.1) is 11.0 Å². The zero-order chi connectivity index (χ0) is 37.0. The van der Waals surface area contributed by atoms with E-state index in [4.69, 9.17) is 0 Å². The summed E-state index contributed by atoms with van der Waals surface area (Å²) < 4.78 is 35.7. The average molecular weight is 744 g/mol. The summed E-state index contributed by atoms with van der Waals surface area (Å²) in [5, 5.41) is 10.3. The molecule has 1 aromatic heterocycles. The lowest BCUT2D eigenvalue weighted by molar-refractivity contribution is 0.592. The molecule has 0 fully saturated rings. The fourth-order valence-electron chi connectivity index (χ4n) is 8.37. The predicted molar refractivity (Wildman–Crippen MR) is 235 cm³/mol. The van der Waals surface area contributed by atoms with Crippen LogP contribution in [0.2, 0.25) is 0 Å². The highest BCUT2D eigenvalue weighted by molar-refractivity contribution is 7.87. The Bertz CT molecular complexity index is 2950. The summed E-state index contributed by atoms with van der Waals surface area (Å²) in [6, 6.07) is 71.0. The van der Waals surface area contributed by atoms with Crippen molar-refractivity contribution in [2.45, 2.75) is 0 Å². The highest BCUT2D eigenvalue weighted by Gasteiger charge is 2.37. The fourth-order valence-corrected chi connectivity index (χ4v) is 14.3. The number of hydrogen-bond acceptors (Lipinski definition) is 2. The molecular formula is C50H35NO2P2. The Morgan fingerprint density at radius 3 is 1.13 bits per heavy atom. The summed E-state index contributed by atoms with van der Waals surface area (Å²) in [6.45, 7) is 0. The predicted octanol–water partition coefficient (Wildman–Crippen LogP) is 10.4. The number of nitrogens with zero attached hydrogens (tertiary/aromatic N) is 1. The zero-order valence-corrected chi connectivity index (χ0v) is 31.7. The van der Waals surface area contributed by atoms with Crippen LogP contribution in [0.4, 0.5) is 0 Å². The number of rotatable bonds is 7. The average Bonchev–Trinajstić information content (AvgIpc) is 3.60. The molecule has 10 rings (SSSR count). The van der Waals surface area contributed by atoms with E-state index in [1.54, 1.807) is 0 Å². The van der Waals surface area contributed by atoms with Crippen molar-refractivity contribution in [2.75, 3.05) is 0 Å². The van der Waals surface area contributed by atoms with Crippen molar-refractivity contribution in [1.29, 1.82) is 0 Å². The molecule has 10 aromatic rings. The zero-order valence-electron chi connectivity index (χ0n) is 29.9. The minimum atomic E-state index is -3.63. The van der Waals surface area contributed by atoms with E-state index < -0.39 is 14.3 Å². The second-order valence-corrected chi connectivity index (χ2v) is 19.4. The van der Waals surface area contributed by atoms with Crippen molar-refractivity contribution in [2.24, 2.45) is 0 Å². The van der Waals surface area contributed by atoms with Crippen LogP contribution in [0.25, 0.3) is 49.0 Å². The van der Waals surface area contributed by atoms with Gasteiger partial charge in [0.2, 0.25) is 0 Å². The second-order valence-electron chi connectivity index (χ2n) is 14.0. The molecular weight excluding hydrogens is 709 g/mol. The monoisotopic (exact) mass is 743 g/mol. The number of hydrogen-bond donors (Lipinski definition) is 0. The summed E-state index contributed by atoms with van der Waals surface area (Å²) in [5.41, 5.74) is 2.84. The van der Waals surface area contributed by atoms with Gasteiger partial charge in [-0.15, -0.1) is 0 Å². The van der Waals surface area contributed by atoms with Gasteiger partial charge >= 0.3 is 0 Å². The van der Waals surface area contributed by atoms with Gasteiger partial charge in [-0.05, 0) is 51.9 Å². The molecule has 0 amide bonds. The molecule has 0 bridgehead atoms. The largest absolute Gasteiger partial charge is 0.309 e. The van der Waals surface area contributed by atoms with Gasteiger partial charge in [0.25, 0.3) is 0 Å². The normalized spacial score (nSPS) is 13.9. The quantitative estimate of drug-likeness (QED) is 0.153. The van der Waals surface area contributed by atoms with Crippen molar-refractivity contribution in [3.05, 3.63) is 212 Å². The second kappa shape index (κ2) is 13.3. The third kappa shape index (κ3) is 5.27. The van der Waals surface area contributed by atoms with Crippen LogP contribution in [-0.2, 0) is 9.13 Å². The van der Waals surface area contributed by atoms with E-state index >= 15 is 9.13 Å². The Morgan fingerprint density at radius 2 is 0.673 bits per heavy atom. The van der Waals surface area contributed by atoms with Gasteiger partial charge in [-0.3, -0.25) is 0 Å². The fraction of sp³-hybridized carbons (Fsp3) is 0. The summed E-state index contributed by atoms with van der Waals surface area (Å²) in [6.07, 6.45) is 0. The van der Waals surface area contributed by atoms with Crippen LogP contribution < -0.4 is 31.8 Å². The van der Waals surface area contributed by atoms with Crippen molar-refractivity contribution in [1.82, 2.24) is 4.57 Å². The van der Waals surface area contributed by atoms with Gasteiger partial charge in [-0.2, -0.15) is 0 Å². The minimum absolute atomic E-state index is 0.626. The van der Waals surface area contributed by atoms with Crippen molar-refractivity contribution >= 4 is 89.5 Å². The van der Waals surface area contributed by atoms with Crippen LogP contribution in [0.3, 0.4) is 0 Å². The van der Waals surface area contributed by atoms with Crippen molar-refractivity contribution in [3.8, 4) is 5.69 Å². The molecule has 0 aliphatic rings. The molecule has 1 heterocycles. The van der Waals surface area contributed by atoms with E-state index in [0.717, 1.165) is 70.3 Å². The first-order chi connectivity index (χ1) is 27.0. The number of para-hydroxylation sites is 2. The van der Waals surface area contributed by atoms with Crippen LogP contribution in [0, 0.1) is 0 Å². The van der Waals surface area contributed by atoms with Gasteiger partial charge in [0.1, 0.15) is 0 Å². The first-order valence-corrected chi connectivity index (χ1v) is 21.9. The van der Waals surface area contributed by atoms with Gasteiger partial charge < -0.3 is 13.7 Å². The Hall–Kier alpha value is -6.24. The van der Waals surface area contributed by atoms with E-state index in [1.165, 1.54) is 0 Å². The highest BCUT2D eigenvalue weighted by atomic mass is 31.2. The van der Waals surface area contributed by atoms with Gasteiger partial charge in [-0.25, -0.2) is 0 Å². The molecule has 2 unspecified atom stereocenters. The van der Waals surface area contributed by atoms with E-state index in [1.807, 2.05) is 115 Å². The SMILES string of the molecule is O=P(c1ccccc1)(c1cc(-n2c3ccccc3c3ccccc32)cc(P(=O)(c2ccccc2)c2cccc3ccccc23)c1)c1cccc2ccccc12. The van der Waals surface area contributed by atoms with Crippen molar-refractivity contribution in [3.63, 3.8) is 0 Å². The summed E-state index contributed by atoms with van der Waals surface area (Å²) in [5.74, 6) is 0. The van der Waals surface area contributed by atoms with Crippen LogP contribution in [-0.4, -0.2) is 4.57 Å². The third-order valence-electron chi connectivity index (χ3n) is 10.9. The summed E-state index contributed by atoms with van der Waals surface area (Å²) >= 11 is 0. The molecule has 0 saturated heterocycles. The number of fused-ring (bicyclic) bond motifs is 5. The molecule has 5 heteroatoms. The lowest BCUT2D eigenvalue weighted by Gasteiger charge is -2.27. The topological polar surface area (TPSA) is 39.1 Å². The molecule has 3 nitrogen and oxygen atoms in total. The summed E-state index contributed by atoms with van der Waals surface area (Å²) in [4.78, 5) is 0. The van der Waals surface area contributed by atoms with E-state index in [0.29, 0.717) is 10.6 Å². The Morgan fingerprint density at radius 1 is 0.309 bits per heavy atom. The molecule has 262 valence electrons. The van der Waals surface area contributed by atoms with E-state index in [9.17, 15) is 0 Å². The molecule has 0 radical (unpaired) electrons. The number of benzene rings is 9. The lowest BCUT2D eigenvalue weighted by atomic mass is 10.1. The molecule has 9 aromatic carbocycles. The van der Waals surface area contributed by atoms with Crippen LogP contribution >= 0.6 is 14.3 Å². The van der Waals surface area contributed by atoms with Gasteiger partial charge in [-0.1, -0.05) is 182 Å². The smallest absolute Gasteiger partial charge is 0.171 e. The first-order valence-electron chi connectivity index (χ1n) is 18.5. The number of aromatic nitrogens is 1. The van der Waals surface area contributed by atoms with Crippen LogP contribution in [0.1, 0.15) is 0 Å². The molecule has 0 aliphatic heterocycles. The molecule has 0 spiro atoms. The van der Waals surface area contributed by atoms with E-state index in [-0.39, 0.29) is 0 Å². The first kappa shape index (κ1) is 33.3. The molecule has 55 heavy (non-hydrogen) atoms. The maximum Gasteiger partial charge on any atom is 0.171 e. The van der Waals surface area contributed by atoms with Crippen molar-refractivity contribution < 1.29 is 9.13 Å². The maximum atomic E-state index is 16.7. The Balaban J connectivity index is 1.38. The molecule has 0 N–H and O–H groups in total. The third-order valence-corrected chi connectivity index (χ3v) is 17.1. The Kier molecular flexibility index (Phi) is 8.03. The minimum Gasteiger partial charge on any atom is -0.309 e. The van der Waals surface area contributed by atoms with Gasteiger partial charge in [0.15, 0.2) is 14.3 Å². The molecule has 0 aliphatic carbocycles. The summed E-state index contributed by atoms with van der Waals surface area (Å²) in [7, 11) is -7.27. The molecule has 0 saturated carbocycles. The highest BCUT2D eigenvalue weighted by Crippen LogP contribution is 2.49. The Labute approximate surface area is 319 Å². The lowest BCUT2D eigenvalue weighted by Crippen LogP contribution is -2.31. The van der Waals surface area contributed by atoms with E-state index in [2.05, 4.69) is 102 Å².